The van der Waals surface area contributed by atoms with Crippen LogP contribution < -0.4 is 5.73 Å². The first-order valence-corrected chi connectivity index (χ1v) is 7.86. The van der Waals surface area contributed by atoms with Crippen molar-refractivity contribution < 1.29 is 9.72 Å². The predicted octanol–water partition coefficient (Wildman–Crippen LogP) is 2.17. The highest BCUT2D eigenvalue weighted by Gasteiger charge is 2.19. The second-order valence-electron chi connectivity index (χ2n) is 5.47. The number of nitro benzene ring substituents is 1. The van der Waals surface area contributed by atoms with E-state index < -0.39 is 4.92 Å². The molecule has 2 rings (SSSR count). The van der Waals surface area contributed by atoms with Crippen LogP contribution in [0.15, 0.2) is 54.6 Å². The highest BCUT2D eigenvalue weighted by molar-refractivity contribution is 5.80. The molecule has 2 aromatic carbocycles. The first-order chi connectivity index (χ1) is 11.6. The topological polar surface area (TPSA) is 89.5 Å². The summed E-state index contributed by atoms with van der Waals surface area (Å²) in [4.78, 5) is 24.8. The van der Waals surface area contributed by atoms with Gasteiger partial charge in [-0.3, -0.25) is 14.9 Å². The van der Waals surface area contributed by atoms with Crippen molar-refractivity contribution in [2.75, 3.05) is 19.6 Å². The molecule has 24 heavy (non-hydrogen) atoms. The van der Waals surface area contributed by atoms with E-state index in [1.54, 1.807) is 23.1 Å². The Labute approximate surface area is 141 Å². The molecule has 1 amide bonds. The van der Waals surface area contributed by atoms with Crippen molar-refractivity contribution in [3.05, 3.63) is 75.8 Å². The summed E-state index contributed by atoms with van der Waals surface area (Å²) in [5.41, 5.74) is 7.14. The number of para-hydroxylation sites is 1. The maximum atomic E-state index is 12.5. The minimum absolute atomic E-state index is 0.00590. The summed E-state index contributed by atoms with van der Waals surface area (Å²) in [6.07, 6.45) is 0.732. The van der Waals surface area contributed by atoms with Crippen molar-refractivity contribution in [3.63, 3.8) is 0 Å². The van der Waals surface area contributed by atoms with E-state index in [1.807, 2.05) is 30.3 Å². The third kappa shape index (κ3) is 4.89. The molecule has 0 aliphatic carbocycles. The van der Waals surface area contributed by atoms with Crippen molar-refractivity contribution >= 4 is 11.6 Å². The summed E-state index contributed by atoms with van der Waals surface area (Å²) in [5, 5.41) is 11.1. The lowest BCUT2D eigenvalue weighted by molar-refractivity contribution is -0.385. The van der Waals surface area contributed by atoms with Gasteiger partial charge in [-0.05, 0) is 12.0 Å². The smallest absolute Gasteiger partial charge is 0.273 e. The first-order valence-electron chi connectivity index (χ1n) is 7.86. The van der Waals surface area contributed by atoms with Crippen molar-refractivity contribution in [1.82, 2.24) is 4.90 Å². The average molecular weight is 327 g/mol. The Hall–Kier alpha value is -2.73. The fraction of sp³-hybridized carbons (Fsp3) is 0.278. The number of nitro groups is 1. The van der Waals surface area contributed by atoms with E-state index in [9.17, 15) is 14.9 Å². The molecule has 6 nitrogen and oxygen atoms in total. The van der Waals surface area contributed by atoms with Crippen LogP contribution in [0.4, 0.5) is 5.69 Å². The minimum atomic E-state index is -0.458. The van der Waals surface area contributed by atoms with E-state index in [4.69, 9.17) is 5.73 Å². The number of rotatable bonds is 8. The van der Waals surface area contributed by atoms with E-state index in [-0.39, 0.29) is 18.0 Å². The number of hydrogen-bond donors (Lipinski definition) is 1. The third-order valence-corrected chi connectivity index (χ3v) is 3.79. The van der Waals surface area contributed by atoms with Crippen LogP contribution in [0.1, 0.15) is 11.1 Å². The van der Waals surface area contributed by atoms with E-state index in [0.29, 0.717) is 25.2 Å². The van der Waals surface area contributed by atoms with E-state index in [0.717, 1.165) is 12.0 Å². The van der Waals surface area contributed by atoms with E-state index >= 15 is 0 Å². The molecule has 0 aliphatic rings. The number of benzene rings is 2. The monoisotopic (exact) mass is 327 g/mol. The zero-order chi connectivity index (χ0) is 17.4. The summed E-state index contributed by atoms with van der Waals surface area (Å²) in [6, 6.07) is 16.2. The number of carbonyl (C=O) groups excluding carboxylic acids is 1. The fourth-order valence-electron chi connectivity index (χ4n) is 2.54. The fourth-order valence-corrected chi connectivity index (χ4v) is 2.54. The first kappa shape index (κ1) is 17.6. The lowest BCUT2D eigenvalue weighted by atomic mass is 10.1. The Kier molecular flexibility index (Phi) is 6.45. The van der Waals surface area contributed by atoms with Gasteiger partial charge in [0.15, 0.2) is 0 Å². The van der Waals surface area contributed by atoms with Gasteiger partial charge in [0.2, 0.25) is 5.91 Å². The predicted molar refractivity (Wildman–Crippen MR) is 92.6 cm³/mol. The molecule has 0 aromatic heterocycles. The Bertz CT molecular complexity index is 689. The minimum Gasteiger partial charge on any atom is -0.341 e. The van der Waals surface area contributed by atoms with Crippen molar-refractivity contribution in [2.24, 2.45) is 5.73 Å². The largest absolute Gasteiger partial charge is 0.341 e. The van der Waals surface area contributed by atoms with Crippen molar-refractivity contribution in [2.45, 2.75) is 12.8 Å². The molecule has 0 saturated heterocycles. The Morgan fingerprint density at radius 2 is 1.71 bits per heavy atom. The van der Waals surface area contributed by atoms with Crippen LogP contribution >= 0.6 is 0 Å². The van der Waals surface area contributed by atoms with Crippen molar-refractivity contribution in [1.29, 1.82) is 0 Å². The Morgan fingerprint density at radius 3 is 2.38 bits per heavy atom. The van der Waals surface area contributed by atoms with Crippen LogP contribution in [0.25, 0.3) is 0 Å². The number of amides is 1. The van der Waals surface area contributed by atoms with Gasteiger partial charge in [0, 0.05) is 31.3 Å². The molecule has 2 N–H and O–H groups in total. The molecule has 0 unspecified atom stereocenters. The van der Waals surface area contributed by atoms with Gasteiger partial charge in [-0.2, -0.15) is 0 Å². The lowest BCUT2D eigenvalue weighted by Crippen LogP contribution is -2.38. The lowest BCUT2D eigenvalue weighted by Gasteiger charge is -2.22. The molecule has 0 spiro atoms. The number of carbonyl (C=O) groups is 1. The summed E-state index contributed by atoms with van der Waals surface area (Å²) in [6.45, 7) is 1.34. The van der Waals surface area contributed by atoms with Crippen LogP contribution in [0.3, 0.4) is 0 Å². The zero-order valence-electron chi connectivity index (χ0n) is 13.4. The van der Waals surface area contributed by atoms with Gasteiger partial charge in [-0.1, -0.05) is 48.5 Å². The molecule has 0 bridgehead atoms. The van der Waals surface area contributed by atoms with Crippen molar-refractivity contribution in [3.8, 4) is 0 Å². The van der Waals surface area contributed by atoms with Gasteiger partial charge in [0.1, 0.15) is 0 Å². The highest BCUT2D eigenvalue weighted by atomic mass is 16.6. The molecule has 0 aliphatic heterocycles. The van der Waals surface area contributed by atoms with E-state index in [1.165, 1.54) is 6.07 Å². The number of nitrogens with zero attached hydrogens (tertiary/aromatic N) is 2. The molecule has 6 heteroatoms. The van der Waals surface area contributed by atoms with Gasteiger partial charge in [0.05, 0.1) is 11.3 Å². The van der Waals surface area contributed by atoms with Gasteiger partial charge in [-0.15, -0.1) is 0 Å². The molecule has 0 saturated carbocycles. The SMILES string of the molecule is NCCN(CCc1ccccc1)C(=O)Cc1ccccc1[N+](=O)[O-]. The maximum absolute atomic E-state index is 12.5. The maximum Gasteiger partial charge on any atom is 0.273 e. The molecule has 126 valence electrons. The summed E-state index contributed by atoms with van der Waals surface area (Å²) in [7, 11) is 0. The standard InChI is InChI=1S/C18H21N3O3/c19-11-13-20(12-10-15-6-2-1-3-7-15)18(22)14-16-8-4-5-9-17(16)21(23)24/h1-9H,10-14,19H2. The van der Waals surface area contributed by atoms with Gasteiger partial charge in [-0.25, -0.2) is 0 Å². The van der Waals surface area contributed by atoms with Crippen LogP contribution in [0.2, 0.25) is 0 Å². The Balaban J connectivity index is 2.05. The normalized spacial score (nSPS) is 10.4. The molecular formula is C18H21N3O3. The quantitative estimate of drug-likeness (QED) is 0.594. The van der Waals surface area contributed by atoms with Crippen LogP contribution in [-0.4, -0.2) is 35.4 Å². The summed E-state index contributed by atoms with van der Waals surface area (Å²) >= 11 is 0. The van der Waals surface area contributed by atoms with Gasteiger partial charge < -0.3 is 10.6 Å². The molecule has 2 aromatic rings. The summed E-state index contributed by atoms with van der Waals surface area (Å²) in [5.74, 6) is -0.148. The highest BCUT2D eigenvalue weighted by Crippen LogP contribution is 2.19. The zero-order valence-corrected chi connectivity index (χ0v) is 13.4. The Morgan fingerprint density at radius 1 is 1.04 bits per heavy atom. The van der Waals surface area contributed by atoms with Gasteiger partial charge in [0.25, 0.3) is 5.69 Å². The van der Waals surface area contributed by atoms with Crippen LogP contribution in [-0.2, 0) is 17.6 Å². The molecule has 0 atom stereocenters. The second kappa shape index (κ2) is 8.79. The second-order valence-corrected chi connectivity index (χ2v) is 5.47. The molecule has 0 heterocycles. The van der Waals surface area contributed by atoms with Crippen LogP contribution in [0, 0.1) is 10.1 Å². The molecular weight excluding hydrogens is 306 g/mol. The van der Waals surface area contributed by atoms with E-state index in [2.05, 4.69) is 0 Å². The van der Waals surface area contributed by atoms with Gasteiger partial charge >= 0.3 is 0 Å². The number of nitrogens with two attached hydrogens (primary N) is 1. The average Bonchev–Trinajstić information content (AvgIpc) is 2.59. The molecule has 0 fully saturated rings. The summed E-state index contributed by atoms with van der Waals surface area (Å²) < 4.78 is 0. The number of hydrogen-bond acceptors (Lipinski definition) is 4. The molecule has 0 radical (unpaired) electrons. The third-order valence-electron chi connectivity index (χ3n) is 3.79. The van der Waals surface area contributed by atoms with Crippen LogP contribution in [0.5, 0.6) is 0 Å².